The van der Waals surface area contributed by atoms with Gasteiger partial charge in [-0.1, -0.05) is 20.8 Å². The fraction of sp³-hybridized carbons (Fsp3) is 0.963. The van der Waals surface area contributed by atoms with E-state index in [2.05, 4.69) is 20.8 Å². The lowest BCUT2D eigenvalue weighted by molar-refractivity contribution is -0.256. The molecule has 0 spiro atoms. The molecule has 0 saturated heterocycles. The summed E-state index contributed by atoms with van der Waals surface area (Å²) in [6.07, 6.45) is 2.51. The first kappa shape index (κ1) is 25.5. The Morgan fingerprint density at radius 3 is 2.30 bits per heavy atom. The molecule has 0 aromatic heterocycles. The summed E-state index contributed by atoms with van der Waals surface area (Å²) in [4.78, 5) is 13.3. The van der Waals surface area contributed by atoms with Crippen molar-refractivity contribution in [3.8, 4) is 0 Å². The summed E-state index contributed by atoms with van der Waals surface area (Å²) < 4.78 is 39.4. The number of carbonyl (C=O) groups is 1. The topological polar surface area (TPSA) is 57.5 Å². The van der Waals surface area contributed by atoms with Gasteiger partial charge in [0.25, 0.3) is 0 Å². The lowest BCUT2D eigenvalue weighted by Gasteiger charge is -2.61. The summed E-state index contributed by atoms with van der Waals surface area (Å²) in [6.45, 7) is 9.43. The number of rotatable bonds is 4. The highest BCUT2D eigenvalue weighted by molar-refractivity contribution is 5.83. The lowest BCUT2D eigenvalue weighted by Crippen LogP contribution is -2.58. The fourth-order valence-electron chi connectivity index (χ4n) is 9.01. The summed E-state index contributed by atoms with van der Waals surface area (Å²) in [5.74, 6) is 2.01. The first-order valence-electron chi connectivity index (χ1n) is 13.1. The van der Waals surface area contributed by atoms with Crippen LogP contribution in [0, 0.1) is 46.3 Å². The standard InChI is InChI=1S/C27H43F3O3/c1-16(8-11-26(5,33)27(28,29)30)18-6-7-19-17-14-22(31)21-15-23(2,32)12-13-25(21,4)20(17)9-10-24(18,19)3/h16-21,32-33H,6-15H2,1-5H3/t16-,17+,18-,19+,20+,21+,23+,24-,25-,26+/m1/s1. The Morgan fingerprint density at radius 2 is 1.67 bits per heavy atom. The summed E-state index contributed by atoms with van der Waals surface area (Å²) in [6, 6.07) is 0. The second-order valence-corrected chi connectivity index (χ2v) is 13.3. The van der Waals surface area contributed by atoms with E-state index in [1.54, 1.807) is 0 Å². The SMILES string of the molecule is C[C@H](CC[C@](C)(O)C(F)(F)F)[C@H]1CC[C@H]2[C@@H]3CC(=O)[C@@H]4C[C@@](C)(O)CC[C@]4(C)[C@H]3CC[C@]12C. The van der Waals surface area contributed by atoms with Crippen molar-refractivity contribution in [2.45, 2.75) is 116 Å². The molecule has 3 nitrogen and oxygen atoms in total. The molecule has 4 aliphatic rings. The molecule has 0 aromatic rings. The first-order valence-corrected chi connectivity index (χ1v) is 13.1. The number of hydrogen-bond donors (Lipinski definition) is 2. The second-order valence-electron chi connectivity index (χ2n) is 13.3. The summed E-state index contributed by atoms with van der Waals surface area (Å²) in [5, 5.41) is 20.6. The lowest BCUT2D eigenvalue weighted by atomic mass is 9.43. The van der Waals surface area contributed by atoms with Crippen LogP contribution in [0.1, 0.15) is 98.8 Å². The van der Waals surface area contributed by atoms with Gasteiger partial charge in [0, 0.05) is 12.3 Å². The van der Waals surface area contributed by atoms with Gasteiger partial charge >= 0.3 is 6.18 Å². The van der Waals surface area contributed by atoms with Gasteiger partial charge in [0.1, 0.15) is 5.78 Å². The van der Waals surface area contributed by atoms with E-state index in [0.717, 1.165) is 45.4 Å². The van der Waals surface area contributed by atoms with Crippen molar-refractivity contribution in [2.24, 2.45) is 46.3 Å². The third-order valence-electron chi connectivity index (χ3n) is 11.2. The van der Waals surface area contributed by atoms with Gasteiger partial charge in [-0.15, -0.1) is 0 Å². The van der Waals surface area contributed by atoms with Crippen LogP contribution in [-0.2, 0) is 4.79 Å². The van der Waals surface area contributed by atoms with Crippen molar-refractivity contribution in [3.63, 3.8) is 0 Å². The molecule has 0 aliphatic heterocycles. The Hall–Kier alpha value is -0.620. The van der Waals surface area contributed by atoms with Gasteiger partial charge in [0.2, 0.25) is 0 Å². The average molecular weight is 473 g/mol. The minimum Gasteiger partial charge on any atom is -0.390 e. The highest BCUT2D eigenvalue weighted by Crippen LogP contribution is 2.68. The zero-order valence-electron chi connectivity index (χ0n) is 21.0. The van der Waals surface area contributed by atoms with E-state index in [1.165, 1.54) is 0 Å². The van der Waals surface area contributed by atoms with Crippen molar-refractivity contribution in [1.29, 1.82) is 0 Å². The Balaban J connectivity index is 1.50. The van der Waals surface area contributed by atoms with Crippen LogP contribution in [0.2, 0.25) is 0 Å². The number of aliphatic hydroxyl groups is 2. The Bertz CT molecular complexity index is 775. The van der Waals surface area contributed by atoms with Crippen molar-refractivity contribution in [3.05, 3.63) is 0 Å². The summed E-state index contributed by atoms with van der Waals surface area (Å²) >= 11 is 0. The number of halogens is 3. The van der Waals surface area contributed by atoms with Gasteiger partial charge in [-0.2, -0.15) is 13.2 Å². The smallest absolute Gasteiger partial charge is 0.390 e. The number of ketones is 1. The molecule has 33 heavy (non-hydrogen) atoms. The number of fused-ring (bicyclic) bond motifs is 5. The number of carbonyl (C=O) groups excluding carboxylic acids is 1. The second kappa shape index (κ2) is 7.94. The molecular formula is C27H43F3O3. The molecule has 0 heterocycles. The molecular weight excluding hydrogens is 429 g/mol. The van der Waals surface area contributed by atoms with Gasteiger partial charge in [0.15, 0.2) is 5.60 Å². The third kappa shape index (κ3) is 4.09. The molecule has 6 heteroatoms. The molecule has 0 aromatic carbocycles. The molecule has 4 saturated carbocycles. The largest absolute Gasteiger partial charge is 0.416 e. The predicted molar refractivity (Wildman–Crippen MR) is 121 cm³/mol. The quantitative estimate of drug-likeness (QED) is 0.504. The van der Waals surface area contributed by atoms with Crippen LogP contribution in [-0.4, -0.2) is 33.4 Å². The zero-order chi connectivity index (χ0) is 24.6. The Labute approximate surface area is 196 Å². The molecule has 10 atom stereocenters. The molecule has 4 rings (SSSR count). The van der Waals surface area contributed by atoms with Gasteiger partial charge in [-0.3, -0.25) is 4.79 Å². The van der Waals surface area contributed by atoms with Crippen LogP contribution >= 0.6 is 0 Å². The van der Waals surface area contributed by atoms with E-state index in [1.807, 2.05) is 6.92 Å². The van der Waals surface area contributed by atoms with E-state index in [0.29, 0.717) is 48.7 Å². The molecule has 0 bridgehead atoms. The molecule has 190 valence electrons. The number of Topliss-reactive ketones (excluding diaryl/α,β-unsaturated/α-hetero) is 1. The van der Waals surface area contributed by atoms with E-state index >= 15 is 0 Å². The van der Waals surface area contributed by atoms with E-state index < -0.39 is 17.4 Å². The van der Waals surface area contributed by atoms with Gasteiger partial charge < -0.3 is 10.2 Å². The first-order chi connectivity index (χ1) is 15.0. The maximum absolute atomic E-state index is 13.3. The highest BCUT2D eigenvalue weighted by atomic mass is 19.4. The minimum atomic E-state index is -4.61. The molecule has 0 amide bonds. The van der Waals surface area contributed by atoms with Gasteiger partial charge in [-0.05, 0) is 112 Å². The monoisotopic (exact) mass is 472 g/mol. The highest BCUT2D eigenvalue weighted by Gasteiger charge is 2.63. The van der Waals surface area contributed by atoms with Gasteiger partial charge in [0.05, 0.1) is 5.60 Å². The number of alkyl halides is 3. The van der Waals surface area contributed by atoms with Crippen LogP contribution in [0.15, 0.2) is 0 Å². The molecule has 4 aliphatic carbocycles. The van der Waals surface area contributed by atoms with Crippen LogP contribution in [0.5, 0.6) is 0 Å². The van der Waals surface area contributed by atoms with Crippen LogP contribution in [0.25, 0.3) is 0 Å². The van der Waals surface area contributed by atoms with Crippen molar-refractivity contribution >= 4 is 5.78 Å². The van der Waals surface area contributed by atoms with Crippen molar-refractivity contribution < 1.29 is 28.2 Å². The van der Waals surface area contributed by atoms with Gasteiger partial charge in [-0.25, -0.2) is 0 Å². The van der Waals surface area contributed by atoms with Crippen LogP contribution in [0.4, 0.5) is 13.2 Å². The molecule has 0 unspecified atom stereocenters. The van der Waals surface area contributed by atoms with Crippen molar-refractivity contribution in [1.82, 2.24) is 0 Å². The summed E-state index contributed by atoms with van der Waals surface area (Å²) in [5.41, 5.74) is -3.38. The molecule has 4 fully saturated rings. The van der Waals surface area contributed by atoms with Crippen molar-refractivity contribution in [2.75, 3.05) is 0 Å². The molecule has 0 radical (unpaired) electrons. The van der Waals surface area contributed by atoms with E-state index in [9.17, 15) is 28.2 Å². The molecule has 2 N–H and O–H groups in total. The van der Waals surface area contributed by atoms with E-state index in [-0.39, 0.29) is 29.1 Å². The normalized spacial score (nSPS) is 48.4. The maximum Gasteiger partial charge on any atom is 0.416 e. The fourth-order valence-corrected chi connectivity index (χ4v) is 9.01. The van der Waals surface area contributed by atoms with Crippen LogP contribution in [0.3, 0.4) is 0 Å². The zero-order valence-corrected chi connectivity index (χ0v) is 21.0. The maximum atomic E-state index is 13.3. The Morgan fingerprint density at radius 1 is 1.03 bits per heavy atom. The average Bonchev–Trinajstić information content (AvgIpc) is 3.04. The van der Waals surface area contributed by atoms with Crippen LogP contribution < -0.4 is 0 Å². The minimum absolute atomic E-state index is 0.0430. The Kier molecular flexibility index (Phi) is 6.13. The summed E-state index contributed by atoms with van der Waals surface area (Å²) in [7, 11) is 0. The predicted octanol–water partition coefficient (Wildman–Crippen LogP) is 6.30. The number of hydrogen-bond acceptors (Lipinski definition) is 3. The van der Waals surface area contributed by atoms with E-state index in [4.69, 9.17) is 0 Å². The third-order valence-corrected chi connectivity index (χ3v) is 11.2.